The number of fused-ring (bicyclic) bond motifs is 1. The maximum Gasteiger partial charge on any atom is 0.250 e. The number of unbranched alkanes of at least 4 members (excludes halogenated alkanes) is 2. The van der Waals surface area contributed by atoms with E-state index >= 15 is 0 Å². The molecule has 1 aromatic carbocycles. The van der Waals surface area contributed by atoms with Crippen molar-refractivity contribution in [1.82, 2.24) is 4.98 Å². The lowest BCUT2D eigenvalue weighted by Crippen LogP contribution is -2.18. The second kappa shape index (κ2) is 7.05. The number of rotatable bonds is 7. The molecule has 0 radical (unpaired) electrons. The number of hydrogen-bond donors (Lipinski definition) is 1. The number of benzene rings is 1. The van der Waals surface area contributed by atoms with Crippen molar-refractivity contribution in [3.05, 3.63) is 24.1 Å². The summed E-state index contributed by atoms with van der Waals surface area (Å²) in [5, 5.41) is 2.78. The zero-order valence-electron chi connectivity index (χ0n) is 11.9. The van der Waals surface area contributed by atoms with Gasteiger partial charge in [0, 0.05) is 25.3 Å². The average Bonchev–Trinajstić information content (AvgIpc) is 2.78. The van der Waals surface area contributed by atoms with Crippen LogP contribution in [0, 0.1) is 6.92 Å². The summed E-state index contributed by atoms with van der Waals surface area (Å²) in [6, 6.07) is 5.40. The molecule has 0 aliphatic heterocycles. The average molecular weight is 276 g/mol. The van der Waals surface area contributed by atoms with Gasteiger partial charge in [0.25, 0.3) is 0 Å². The van der Waals surface area contributed by atoms with Crippen molar-refractivity contribution in [1.29, 1.82) is 0 Å². The molecule has 0 saturated carbocycles. The molecule has 0 spiro atoms. The van der Waals surface area contributed by atoms with Crippen molar-refractivity contribution in [3.8, 4) is 0 Å². The van der Waals surface area contributed by atoms with Gasteiger partial charge in [-0.15, -0.1) is 0 Å². The third-order valence-electron chi connectivity index (χ3n) is 2.90. The van der Waals surface area contributed by atoms with Crippen molar-refractivity contribution in [2.45, 2.75) is 33.1 Å². The summed E-state index contributed by atoms with van der Waals surface area (Å²) in [5.74, 6) is 0.458. The standard InChI is InChI=1S/C15H20N2O3/c1-3-4-5-8-19-10-15(18)17-12-6-7-13-14(9-12)20-11(2)16-13/h6-7,9H,3-5,8,10H2,1-2H3,(H,17,18). The number of ether oxygens (including phenoxy) is 1. The predicted molar refractivity (Wildman–Crippen MR) is 77.7 cm³/mol. The highest BCUT2D eigenvalue weighted by Gasteiger charge is 2.06. The Morgan fingerprint density at radius 1 is 1.40 bits per heavy atom. The predicted octanol–water partition coefficient (Wildman–Crippen LogP) is 3.28. The maximum atomic E-state index is 11.7. The van der Waals surface area contributed by atoms with Crippen LogP contribution in [0.4, 0.5) is 5.69 Å². The minimum atomic E-state index is -0.155. The Hall–Kier alpha value is -1.88. The molecule has 0 fully saturated rings. The number of anilines is 1. The van der Waals surface area contributed by atoms with E-state index in [1.54, 1.807) is 19.1 Å². The number of carbonyl (C=O) groups excluding carboxylic acids is 1. The van der Waals surface area contributed by atoms with Crippen molar-refractivity contribution >= 4 is 22.7 Å². The summed E-state index contributed by atoms with van der Waals surface area (Å²) in [5.41, 5.74) is 2.15. The molecule has 1 N–H and O–H groups in total. The van der Waals surface area contributed by atoms with Crippen LogP contribution < -0.4 is 5.32 Å². The van der Waals surface area contributed by atoms with E-state index in [2.05, 4.69) is 17.2 Å². The van der Waals surface area contributed by atoms with E-state index in [4.69, 9.17) is 9.15 Å². The largest absolute Gasteiger partial charge is 0.441 e. The minimum absolute atomic E-state index is 0.0805. The quantitative estimate of drug-likeness (QED) is 0.788. The highest BCUT2D eigenvalue weighted by molar-refractivity contribution is 5.93. The van der Waals surface area contributed by atoms with Crippen molar-refractivity contribution in [3.63, 3.8) is 0 Å². The topological polar surface area (TPSA) is 64.4 Å². The molecule has 5 heteroatoms. The fourth-order valence-electron chi connectivity index (χ4n) is 1.93. The molecular weight excluding hydrogens is 256 g/mol. The molecular formula is C15H20N2O3. The van der Waals surface area contributed by atoms with Crippen LogP contribution >= 0.6 is 0 Å². The number of oxazole rings is 1. The maximum absolute atomic E-state index is 11.7. The lowest BCUT2D eigenvalue weighted by molar-refractivity contribution is -0.120. The highest BCUT2D eigenvalue weighted by Crippen LogP contribution is 2.19. The summed E-state index contributed by atoms with van der Waals surface area (Å²) in [7, 11) is 0. The number of amides is 1. The molecule has 1 heterocycles. The van der Waals surface area contributed by atoms with E-state index in [9.17, 15) is 4.79 Å². The molecule has 5 nitrogen and oxygen atoms in total. The lowest BCUT2D eigenvalue weighted by Gasteiger charge is -2.05. The van der Waals surface area contributed by atoms with Gasteiger partial charge in [-0.1, -0.05) is 19.8 Å². The Balaban J connectivity index is 1.83. The molecule has 0 unspecified atom stereocenters. The Kier molecular flexibility index (Phi) is 5.12. The van der Waals surface area contributed by atoms with E-state index in [1.807, 2.05) is 6.07 Å². The van der Waals surface area contributed by atoms with Crippen LogP contribution in [-0.2, 0) is 9.53 Å². The number of aryl methyl sites for hydroxylation is 1. The third-order valence-corrected chi connectivity index (χ3v) is 2.90. The van der Waals surface area contributed by atoms with E-state index in [-0.39, 0.29) is 12.5 Å². The molecule has 0 atom stereocenters. The molecule has 108 valence electrons. The summed E-state index contributed by atoms with van der Waals surface area (Å²) >= 11 is 0. The Morgan fingerprint density at radius 2 is 2.25 bits per heavy atom. The van der Waals surface area contributed by atoms with Crippen LogP contribution in [0.3, 0.4) is 0 Å². The van der Waals surface area contributed by atoms with E-state index in [0.717, 1.165) is 24.8 Å². The van der Waals surface area contributed by atoms with Crippen LogP contribution in [0.15, 0.2) is 22.6 Å². The van der Waals surface area contributed by atoms with Gasteiger partial charge in [0.1, 0.15) is 12.1 Å². The summed E-state index contributed by atoms with van der Waals surface area (Å²) < 4.78 is 10.7. The fourth-order valence-corrected chi connectivity index (χ4v) is 1.93. The van der Waals surface area contributed by atoms with Crippen LogP contribution in [0.25, 0.3) is 11.1 Å². The Labute approximate surface area is 118 Å². The summed E-state index contributed by atoms with van der Waals surface area (Å²) in [6.45, 7) is 4.63. The van der Waals surface area contributed by atoms with Gasteiger partial charge >= 0.3 is 0 Å². The zero-order chi connectivity index (χ0) is 14.4. The SMILES string of the molecule is CCCCCOCC(=O)Nc1ccc2nc(C)oc2c1. The number of nitrogens with zero attached hydrogens (tertiary/aromatic N) is 1. The number of nitrogens with one attached hydrogen (secondary N) is 1. The van der Waals surface area contributed by atoms with E-state index in [0.29, 0.717) is 23.8 Å². The van der Waals surface area contributed by atoms with Crippen LogP contribution in [0.1, 0.15) is 32.1 Å². The monoisotopic (exact) mass is 276 g/mol. The fraction of sp³-hybridized carbons (Fsp3) is 0.467. The van der Waals surface area contributed by atoms with E-state index in [1.165, 1.54) is 0 Å². The zero-order valence-corrected chi connectivity index (χ0v) is 11.9. The van der Waals surface area contributed by atoms with Crippen molar-refractivity contribution in [2.24, 2.45) is 0 Å². The molecule has 1 aromatic heterocycles. The molecule has 0 aliphatic carbocycles. The second-order valence-corrected chi connectivity index (χ2v) is 4.72. The first-order chi connectivity index (χ1) is 9.69. The summed E-state index contributed by atoms with van der Waals surface area (Å²) in [6.07, 6.45) is 3.27. The molecule has 0 bridgehead atoms. The Morgan fingerprint density at radius 3 is 3.05 bits per heavy atom. The van der Waals surface area contributed by atoms with Gasteiger partial charge in [-0.3, -0.25) is 4.79 Å². The first kappa shape index (κ1) is 14.5. The number of hydrogen-bond acceptors (Lipinski definition) is 4. The van der Waals surface area contributed by atoms with Crippen molar-refractivity contribution < 1.29 is 13.9 Å². The smallest absolute Gasteiger partial charge is 0.250 e. The van der Waals surface area contributed by atoms with Gasteiger partial charge in [0.15, 0.2) is 11.5 Å². The molecule has 1 amide bonds. The highest BCUT2D eigenvalue weighted by atomic mass is 16.5. The Bertz CT molecular complexity index is 578. The first-order valence-corrected chi connectivity index (χ1v) is 6.94. The number of aromatic nitrogens is 1. The van der Waals surface area contributed by atoms with Crippen LogP contribution in [-0.4, -0.2) is 24.1 Å². The van der Waals surface area contributed by atoms with Crippen LogP contribution in [0.5, 0.6) is 0 Å². The van der Waals surface area contributed by atoms with Gasteiger partial charge in [-0.2, -0.15) is 0 Å². The summed E-state index contributed by atoms with van der Waals surface area (Å²) in [4.78, 5) is 15.9. The van der Waals surface area contributed by atoms with Gasteiger partial charge in [-0.05, 0) is 18.6 Å². The second-order valence-electron chi connectivity index (χ2n) is 4.72. The molecule has 0 saturated heterocycles. The van der Waals surface area contributed by atoms with Gasteiger partial charge in [0.05, 0.1) is 0 Å². The van der Waals surface area contributed by atoms with Gasteiger partial charge in [-0.25, -0.2) is 4.98 Å². The first-order valence-electron chi connectivity index (χ1n) is 6.94. The molecule has 2 aromatic rings. The molecule has 0 aliphatic rings. The van der Waals surface area contributed by atoms with Crippen LogP contribution in [0.2, 0.25) is 0 Å². The number of carbonyl (C=O) groups is 1. The van der Waals surface area contributed by atoms with Gasteiger partial charge in [0.2, 0.25) is 5.91 Å². The molecule has 2 rings (SSSR count). The van der Waals surface area contributed by atoms with Crippen molar-refractivity contribution in [2.75, 3.05) is 18.5 Å². The van der Waals surface area contributed by atoms with E-state index < -0.39 is 0 Å². The van der Waals surface area contributed by atoms with Gasteiger partial charge < -0.3 is 14.5 Å². The molecule has 20 heavy (non-hydrogen) atoms. The third kappa shape index (κ3) is 4.06. The normalized spacial score (nSPS) is 10.9. The lowest BCUT2D eigenvalue weighted by atomic mass is 10.3. The minimum Gasteiger partial charge on any atom is -0.441 e.